The van der Waals surface area contributed by atoms with Crippen LogP contribution in [0.2, 0.25) is 0 Å². The summed E-state index contributed by atoms with van der Waals surface area (Å²) in [6.45, 7) is 0.351. The van der Waals surface area contributed by atoms with E-state index in [1.54, 1.807) is 24.3 Å². The molecule has 0 unspecified atom stereocenters. The van der Waals surface area contributed by atoms with Gasteiger partial charge in [0.25, 0.3) is 5.91 Å². The van der Waals surface area contributed by atoms with Crippen molar-refractivity contribution in [1.82, 2.24) is 5.32 Å². The first-order chi connectivity index (χ1) is 11.1. The van der Waals surface area contributed by atoms with Crippen LogP contribution in [0.4, 0.5) is 0 Å². The molecule has 1 aliphatic rings. The lowest BCUT2D eigenvalue weighted by Crippen LogP contribution is -2.52. The summed E-state index contributed by atoms with van der Waals surface area (Å²) in [7, 11) is 0. The minimum atomic E-state index is -0.418. The summed E-state index contributed by atoms with van der Waals surface area (Å²) in [6.07, 6.45) is 4.00. The SMILES string of the molecule is NCC1(NC(=O)COc2ccc3ccc(=O)oc3c2)CCCC1. The molecule has 1 aromatic carbocycles. The van der Waals surface area contributed by atoms with E-state index in [1.165, 1.54) is 6.07 Å². The maximum Gasteiger partial charge on any atom is 0.336 e. The highest BCUT2D eigenvalue weighted by molar-refractivity contribution is 5.79. The van der Waals surface area contributed by atoms with Gasteiger partial charge in [-0.3, -0.25) is 4.79 Å². The van der Waals surface area contributed by atoms with Gasteiger partial charge >= 0.3 is 5.63 Å². The van der Waals surface area contributed by atoms with Crippen molar-refractivity contribution in [3.63, 3.8) is 0 Å². The molecule has 0 radical (unpaired) electrons. The van der Waals surface area contributed by atoms with Gasteiger partial charge in [-0.1, -0.05) is 12.8 Å². The van der Waals surface area contributed by atoms with Gasteiger partial charge in [-0.15, -0.1) is 0 Å². The standard InChI is InChI=1S/C17H20N2O4/c18-11-17(7-1-2-8-17)19-15(20)10-22-13-5-3-12-4-6-16(21)23-14(12)9-13/h3-6,9H,1-2,7-8,10-11,18H2,(H,19,20). The molecule has 0 saturated heterocycles. The monoisotopic (exact) mass is 316 g/mol. The number of hydrogen-bond donors (Lipinski definition) is 2. The molecule has 6 nitrogen and oxygen atoms in total. The Morgan fingerprint density at radius 1 is 1.26 bits per heavy atom. The molecule has 1 fully saturated rings. The van der Waals surface area contributed by atoms with Gasteiger partial charge in [0.1, 0.15) is 11.3 Å². The Labute approximate surface area is 133 Å². The molecule has 3 N–H and O–H groups in total. The molecule has 1 amide bonds. The number of nitrogens with one attached hydrogen (secondary N) is 1. The number of benzene rings is 1. The summed E-state index contributed by atoms with van der Waals surface area (Å²) >= 11 is 0. The zero-order valence-electron chi connectivity index (χ0n) is 12.8. The van der Waals surface area contributed by atoms with Gasteiger partial charge in [0.15, 0.2) is 6.61 Å². The first kappa shape index (κ1) is 15.6. The highest BCUT2D eigenvalue weighted by Gasteiger charge is 2.33. The average Bonchev–Trinajstić information content (AvgIpc) is 3.01. The third-order valence-electron chi connectivity index (χ3n) is 4.32. The van der Waals surface area contributed by atoms with Gasteiger partial charge in [-0.2, -0.15) is 0 Å². The Balaban J connectivity index is 1.63. The van der Waals surface area contributed by atoms with Crippen LogP contribution in [0.15, 0.2) is 39.5 Å². The van der Waals surface area contributed by atoms with Crippen LogP contribution in [0.25, 0.3) is 11.0 Å². The largest absolute Gasteiger partial charge is 0.484 e. The number of carbonyl (C=O) groups is 1. The zero-order valence-corrected chi connectivity index (χ0v) is 12.8. The van der Waals surface area contributed by atoms with E-state index in [0.717, 1.165) is 31.1 Å². The quantitative estimate of drug-likeness (QED) is 0.816. The van der Waals surface area contributed by atoms with Crippen molar-refractivity contribution in [2.75, 3.05) is 13.2 Å². The highest BCUT2D eigenvalue weighted by atomic mass is 16.5. The summed E-state index contributed by atoms with van der Waals surface area (Å²) in [5.74, 6) is 0.294. The van der Waals surface area contributed by atoms with Crippen molar-refractivity contribution in [2.45, 2.75) is 31.2 Å². The summed E-state index contributed by atoms with van der Waals surface area (Å²) in [4.78, 5) is 23.3. The van der Waals surface area contributed by atoms with Crippen LogP contribution in [0.1, 0.15) is 25.7 Å². The molecule has 122 valence electrons. The van der Waals surface area contributed by atoms with E-state index >= 15 is 0 Å². The van der Waals surface area contributed by atoms with Gasteiger partial charge in [-0.25, -0.2) is 4.79 Å². The second kappa shape index (κ2) is 6.42. The molecule has 6 heteroatoms. The lowest BCUT2D eigenvalue weighted by Gasteiger charge is -2.28. The number of amides is 1. The van der Waals surface area contributed by atoms with Crippen LogP contribution in [0.5, 0.6) is 5.75 Å². The summed E-state index contributed by atoms with van der Waals surface area (Å²) < 4.78 is 10.6. The Morgan fingerprint density at radius 3 is 2.74 bits per heavy atom. The molecule has 1 aliphatic carbocycles. The third kappa shape index (κ3) is 3.53. The van der Waals surface area contributed by atoms with Crippen molar-refractivity contribution in [3.8, 4) is 5.75 Å². The van der Waals surface area contributed by atoms with Crippen LogP contribution in [-0.4, -0.2) is 24.6 Å². The van der Waals surface area contributed by atoms with Crippen LogP contribution < -0.4 is 21.4 Å². The van der Waals surface area contributed by atoms with E-state index in [4.69, 9.17) is 14.9 Å². The first-order valence-corrected chi connectivity index (χ1v) is 7.78. The van der Waals surface area contributed by atoms with Crippen LogP contribution >= 0.6 is 0 Å². The molecule has 0 bridgehead atoms. The second-order valence-corrected chi connectivity index (χ2v) is 5.98. The number of carbonyl (C=O) groups excluding carboxylic acids is 1. The van der Waals surface area contributed by atoms with Gasteiger partial charge in [0.2, 0.25) is 0 Å². The number of ether oxygens (including phenoxy) is 1. The normalized spacial score (nSPS) is 16.4. The number of hydrogen-bond acceptors (Lipinski definition) is 5. The van der Waals surface area contributed by atoms with Crippen molar-refractivity contribution < 1.29 is 13.9 Å². The predicted molar refractivity (Wildman–Crippen MR) is 86.4 cm³/mol. The fourth-order valence-electron chi connectivity index (χ4n) is 3.04. The minimum Gasteiger partial charge on any atom is -0.484 e. The summed E-state index contributed by atoms with van der Waals surface area (Å²) in [5, 5.41) is 3.80. The number of nitrogens with two attached hydrogens (primary N) is 1. The van der Waals surface area contributed by atoms with E-state index in [2.05, 4.69) is 5.32 Å². The van der Waals surface area contributed by atoms with E-state index in [-0.39, 0.29) is 18.1 Å². The Kier molecular flexibility index (Phi) is 4.34. The van der Waals surface area contributed by atoms with E-state index < -0.39 is 5.63 Å². The molecule has 0 spiro atoms. The Bertz CT molecular complexity index is 763. The fraction of sp³-hybridized carbons (Fsp3) is 0.412. The fourth-order valence-corrected chi connectivity index (χ4v) is 3.04. The van der Waals surface area contributed by atoms with Gasteiger partial charge in [0, 0.05) is 24.1 Å². The predicted octanol–water partition coefficient (Wildman–Crippen LogP) is 1.56. The molecule has 0 atom stereocenters. The Morgan fingerprint density at radius 2 is 2.00 bits per heavy atom. The summed E-state index contributed by atoms with van der Waals surface area (Å²) in [5.41, 5.74) is 5.54. The maximum atomic E-state index is 12.1. The van der Waals surface area contributed by atoms with Gasteiger partial charge in [-0.05, 0) is 31.0 Å². The molecule has 23 heavy (non-hydrogen) atoms. The van der Waals surface area contributed by atoms with Crippen molar-refractivity contribution >= 4 is 16.9 Å². The van der Waals surface area contributed by atoms with Crippen molar-refractivity contribution in [3.05, 3.63) is 40.8 Å². The average molecular weight is 316 g/mol. The lowest BCUT2D eigenvalue weighted by atomic mass is 9.98. The molecule has 3 rings (SSSR count). The van der Waals surface area contributed by atoms with Gasteiger partial charge in [0.05, 0.1) is 5.54 Å². The molecule has 1 heterocycles. The van der Waals surface area contributed by atoms with Gasteiger partial charge < -0.3 is 20.2 Å². The number of rotatable bonds is 5. The van der Waals surface area contributed by atoms with E-state index in [9.17, 15) is 9.59 Å². The lowest BCUT2D eigenvalue weighted by molar-refractivity contribution is -0.124. The maximum absolute atomic E-state index is 12.1. The second-order valence-electron chi connectivity index (χ2n) is 5.98. The highest BCUT2D eigenvalue weighted by Crippen LogP contribution is 2.28. The Hall–Kier alpha value is -2.34. The topological polar surface area (TPSA) is 94.6 Å². The zero-order chi connectivity index (χ0) is 16.3. The van der Waals surface area contributed by atoms with Crippen molar-refractivity contribution in [1.29, 1.82) is 0 Å². The number of fused-ring (bicyclic) bond motifs is 1. The minimum absolute atomic E-state index is 0.0929. The molecule has 2 aromatic rings. The third-order valence-corrected chi connectivity index (χ3v) is 4.32. The van der Waals surface area contributed by atoms with Crippen LogP contribution in [0, 0.1) is 0 Å². The molecular formula is C17H20N2O4. The van der Waals surface area contributed by atoms with E-state index in [1.807, 2.05) is 0 Å². The van der Waals surface area contributed by atoms with Crippen LogP contribution in [-0.2, 0) is 4.79 Å². The van der Waals surface area contributed by atoms with Crippen molar-refractivity contribution in [2.24, 2.45) is 5.73 Å². The molecule has 1 aromatic heterocycles. The molecule has 0 aliphatic heterocycles. The molecule has 1 saturated carbocycles. The smallest absolute Gasteiger partial charge is 0.336 e. The van der Waals surface area contributed by atoms with E-state index in [0.29, 0.717) is 17.9 Å². The van der Waals surface area contributed by atoms with Crippen LogP contribution in [0.3, 0.4) is 0 Å². The first-order valence-electron chi connectivity index (χ1n) is 7.78. The summed E-state index contributed by atoms with van der Waals surface area (Å²) in [6, 6.07) is 8.18. The molecular weight excluding hydrogens is 296 g/mol.